The molecule has 4 rings (SSSR count). The van der Waals surface area contributed by atoms with Gasteiger partial charge in [0, 0.05) is 17.8 Å². The molecule has 0 unspecified atom stereocenters. The summed E-state index contributed by atoms with van der Waals surface area (Å²) in [5.74, 6) is 0.442. The van der Waals surface area contributed by atoms with E-state index in [1.165, 1.54) is 6.07 Å². The van der Waals surface area contributed by atoms with Gasteiger partial charge in [-0.2, -0.15) is 18.3 Å². The van der Waals surface area contributed by atoms with Crippen LogP contribution in [0.3, 0.4) is 0 Å². The van der Waals surface area contributed by atoms with Crippen molar-refractivity contribution in [1.82, 2.24) is 15.1 Å². The van der Waals surface area contributed by atoms with Gasteiger partial charge in [-0.25, -0.2) is 9.48 Å². The average Bonchev–Trinajstić information content (AvgIpc) is 3.43. The van der Waals surface area contributed by atoms with Crippen molar-refractivity contribution in [2.75, 3.05) is 13.2 Å². The summed E-state index contributed by atoms with van der Waals surface area (Å²) in [5.41, 5.74) is 0.682. The lowest BCUT2D eigenvalue weighted by Gasteiger charge is -2.25. The van der Waals surface area contributed by atoms with E-state index >= 15 is 0 Å². The number of rotatable bonds is 4. The van der Waals surface area contributed by atoms with Crippen LogP contribution in [0.15, 0.2) is 36.1 Å². The van der Waals surface area contributed by atoms with Crippen LogP contribution in [0.25, 0.3) is 17.0 Å². The fourth-order valence-corrected chi connectivity index (χ4v) is 4.24. The lowest BCUT2D eigenvalue weighted by atomic mass is 10.00. The molecule has 6 nitrogen and oxygen atoms in total. The van der Waals surface area contributed by atoms with Crippen LogP contribution in [0.5, 0.6) is 0 Å². The maximum Gasteiger partial charge on any atom is 0.416 e. The van der Waals surface area contributed by atoms with E-state index < -0.39 is 23.4 Å². The third kappa shape index (κ3) is 4.06. The molecular formula is C22H24F3N3O3. The number of alkyl halides is 3. The van der Waals surface area contributed by atoms with Gasteiger partial charge in [0.2, 0.25) is 0 Å². The van der Waals surface area contributed by atoms with Gasteiger partial charge in [0.25, 0.3) is 0 Å². The van der Waals surface area contributed by atoms with Crippen molar-refractivity contribution < 1.29 is 27.4 Å². The standard InChI is InChI=1S/C22H24F3N3O3/c1-3-26-20(29)31-19-18(13-30-21(19)9-4-5-10-21)28-14(2)11-17(27-28)15-7-6-8-16(12-15)22(23,24)25/h6-8,11-12H,3-5,9-10,13H2,1-2H3,(H,26,29). The average molecular weight is 435 g/mol. The molecule has 1 saturated carbocycles. The number of hydrogen-bond acceptors (Lipinski definition) is 4. The minimum atomic E-state index is -4.43. The van der Waals surface area contributed by atoms with E-state index in [4.69, 9.17) is 9.47 Å². The number of nitrogens with one attached hydrogen (secondary N) is 1. The Labute approximate surface area is 178 Å². The normalized spacial score (nSPS) is 18.1. The van der Waals surface area contributed by atoms with Gasteiger partial charge in [-0.05, 0) is 57.7 Å². The topological polar surface area (TPSA) is 65.4 Å². The van der Waals surface area contributed by atoms with E-state index in [0.717, 1.165) is 37.8 Å². The van der Waals surface area contributed by atoms with E-state index in [1.54, 1.807) is 30.7 Å². The van der Waals surface area contributed by atoms with E-state index in [1.807, 2.05) is 0 Å². The first kappa shape index (κ1) is 21.4. The number of carbonyl (C=O) groups excluding carboxylic acids is 1. The number of hydrogen-bond donors (Lipinski definition) is 1. The second-order valence-corrected chi connectivity index (χ2v) is 7.85. The summed E-state index contributed by atoms with van der Waals surface area (Å²) in [7, 11) is 0. The summed E-state index contributed by atoms with van der Waals surface area (Å²) in [4.78, 5) is 12.2. The van der Waals surface area contributed by atoms with E-state index in [0.29, 0.717) is 35.0 Å². The van der Waals surface area contributed by atoms with Gasteiger partial charge in [-0.3, -0.25) is 0 Å². The second-order valence-electron chi connectivity index (χ2n) is 7.85. The maximum atomic E-state index is 13.1. The predicted octanol–water partition coefficient (Wildman–Crippen LogP) is 5.14. The van der Waals surface area contributed by atoms with Crippen LogP contribution in [0.2, 0.25) is 0 Å². The molecule has 1 aromatic heterocycles. The minimum Gasteiger partial charge on any atom is -0.410 e. The molecular weight excluding hydrogens is 411 g/mol. The number of aromatic nitrogens is 2. The molecule has 0 bridgehead atoms. The number of aryl methyl sites for hydroxylation is 1. The molecule has 1 spiro atoms. The Bertz CT molecular complexity index is 1020. The molecule has 1 N–H and O–H groups in total. The fraction of sp³-hybridized carbons (Fsp3) is 0.455. The number of amides is 1. The summed E-state index contributed by atoms with van der Waals surface area (Å²) in [6.07, 6.45) is -1.59. The Kier molecular flexibility index (Phi) is 5.55. The molecule has 0 saturated heterocycles. The summed E-state index contributed by atoms with van der Waals surface area (Å²) in [5, 5.41) is 7.17. The summed E-state index contributed by atoms with van der Waals surface area (Å²) in [6.45, 7) is 4.24. The van der Waals surface area contributed by atoms with Gasteiger partial charge in [-0.15, -0.1) is 0 Å². The van der Waals surface area contributed by atoms with Crippen LogP contribution in [0.4, 0.5) is 18.0 Å². The van der Waals surface area contributed by atoms with Gasteiger partial charge < -0.3 is 14.8 Å². The largest absolute Gasteiger partial charge is 0.416 e. The SMILES string of the molecule is CCNC(=O)OC1=C(n2nc(-c3cccc(C(F)(F)F)c3)cc2C)COC12CCCC2. The van der Waals surface area contributed by atoms with Crippen molar-refractivity contribution in [3.05, 3.63) is 47.3 Å². The van der Waals surface area contributed by atoms with Crippen molar-refractivity contribution in [3.63, 3.8) is 0 Å². The lowest BCUT2D eigenvalue weighted by molar-refractivity contribution is -0.137. The number of ether oxygens (including phenoxy) is 2. The highest BCUT2D eigenvalue weighted by atomic mass is 19.4. The molecule has 166 valence electrons. The third-order valence-electron chi connectivity index (χ3n) is 5.72. The summed E-state index contributed by atoms with van der Waals surface area (Å²) < 4.78 is 52.7. The number of benzene rings is 1. The third-order valence-corrected chi connectivity index (χ3v) is 5.72. The lowest BCUT2D eigenvalue weighted by Crippen LogP contribution is -2.33. The van der Waals surface area contributed by atoms with Gasteiger partial charge in [0.05, 0.1) is 17.9 Å². The van der Waals surface area contributed by atoms with Crippen LogP contribution in [-0.2, 0) is 15.7 Å². The predicted molar refractivity (Wildman–Crippen MR) is 108 cm³/mol. The van der Waals surface area contributed by atoms with Crippen LogP contribution < -0.4 is 5.32 Å². The monoisotopic (exact) mass is 435 g/mol. The van der Waals surface area contributed by atoms with E-state index in [9.17, 15) is 18.0 Å². The van der Waals surface area contributed by atoms with Crippen molar-refractivity contribution >= 4 is 11.8 Å². The van der Waals surface area contributed by atoms with Crippen molar-refractivity contribution in [3.8, 4) is 11.3 Å². The Balaban J connectivity index is 1.75. The zero-order valence-corrected chi connectivity index (χ0v) is 17.4. The summed E-state index contributed by atoms with van der Waals surface area (Å²) in [6, 6.07) is 6.78. The molecule has 1 aliphatic carbocycles. The Morgan fingerprint density at radius 1 is 1.29 bits per heavy atom. The molecule has 1 fully saturated rings. The van der Waals surface area contributed by atoms with Gasteiger partial charge in [-0.1, -0.05) is 12.1 Å². The quantitative estimate of drug-likeness (QED) is 0.723. The van der Waals surface area contributed by atoms with Crippen LogP contribution >= 0.6 is 0 Å². The zero-order chi connectivity index (χ0) is 22.2. The first-order chi connectivity index (χ1) is 14.7. The molecule has 1 aliphatic heterocycles. The number of alkyl carbamates (subject to hydrolysis) is 1. The molecule has 1 aromatic carbocycles. The zero-order valence-electron chi connectivity index (χ0n) is 17.4. The van der Waals surface area contributed by atoms with Crippen molar-refractivity contribution in [2.45, 2.75) is 51.3 Å². The smallest absolute Gasteiger partial charge is 0.410 e. The molecule has 2 heterocycles. The van der Waals surface area contributed by atoms with E-state index in [2.05, 4.69) is 10.4 Å². The van der Waals surface area contributed by atoms with Crippen molar-refractivity contribution in [1.29, 1.82) is 0 Å². The van der Waals surface area contributed by atoms with E-state index in [-0.39, 0.29) is 6.61 Å². The molecule has 31 heavy (non-hydrogen) atoms. The molecule has 2 aliphatic rings. The van der Waals surface area contributed by atoms with Crippen LogP contribution in [0.1, 0.15) is 43.9 Å². The van der Waals surface area contributed by atoms with Gasteiger partial charge in [0.1, 0.15) is 11.3 Å². The number of carbonyl (C=O) groups is 1. The van der Waals surface area contributed by atoms with Crippen molar-refractivity contribution in [2.24, 2.45) is 0 Å². The molecule has 0 radical (unpaired) electrons. The van der Waals surface area contributed by atoms with Crippen LogP contribution in [-0.4, -0.2) is 34.6 Å². The van der Waals surface area contributed by atoms with Gasteiger partial charge in [0.15, 0.2) is 5.76 Å². The Morgan fingerprint density at radius 3 is 2.71 bits per heavy atom. The maximum absolute atomic E-state index is 13.1. The summed E-state index contributed by atoms with van der Waals surface area (Å²) >= 11 is 0. The highest BCUT2D eigenvalue weighted by Gasteiger charge is 2.48. The second kappa shape index (κ2) is 8.03. The number of halogens is 3. The van der Waals surface area contributed by atoms with Crippen LogP contribution in [0, 0.1) is 6.92 Å². The molecule has 9 heteroatoms. The first-order valence-corrected chi connectivity index (χ1v) is 10.3. The Hall–Kier alpha value is -2.81. The highest BCUT2D eigenvalue weighted by molar-refractivity contribution is 5.72. The fourth-order valence-electron chi connectivity index (χ4n) is 4.24. The van der Waals surface area contributed by atoms with Gasteiger partial charge >= 0.3 is 12.3 Å². The first-order valence-electron chi connectivity index (χ1n) is 10.3. The Morgan fingerprint density at radius 2 is 2.03 bits per heavy atom. The molecule has 0 atom stereocenters. The molecule has 2 aromatic rings. The number of nitrogens with zero attached hydrogens (tertiary/aromatic N) is 2. The molecule has 1 amide bonds. The highest BCUT2D eigenvalue weighted by Crippen LogP contribution is 2.46. The minimum absolute atomic E-state index is 0.208.